The van der Waals surface area contributed by atoms with Crippen LogP contribution in [0.25, 0.3) is 26.0 Å². The number of rotatable bonds is 3. The van der Waals surface area contributed by atoms with Gasteiger partial charge in [-0.1, -0.05) is 6.08 Å². The molecule has 0 aliphatic carbocycles. The predicted molar refractivity (Wildman–Crippen MR) is 113 cm³/mol. The first-order valence-corrected chi connectivity index (χ1v) is 10.4. The topological polar surface area (TPSA) is 49.8 Å². The molecule has 6 heteroatoms. The maximum absolute atomic E-state index is 4.59. The molecular formula is C20H18N4S2. The fraction of sp³-hybridized carbons (Fsp3) is 0.200. The van der Waals surface area contributed by atoms with Crippen molar-refractivity contribution in [2.45, 2.75) is 19.4 Å². The lowest BCUT2D eigenvalue weighted by atomic mass is 10.0. The summed E-state index contributed by atoms with van der Waals surface area (Å²) in [6.45, 7) is 3.28. The second-order valence-corrected chi connectivity index (χ2v) is 8.39. The number of hydrogen-bond donors (Lipinski definition) is 2. The van der Waals surface area contributed by atoms with Crippen LogP contribution >= 0.6 is 22.7 Å². The first-order chi connectivity index (χ1) is 12.8. The number of benzene rings is 1. The number of thiazole rings is 1. The second-order valence-electron chi connectivity index (χ2n) is 6.47. The van der Waals surface area contributed by atoms with Gasteiger partial charge < -0.3 is 10.6 Å². The zero-order chi connectivity index (χ0) is 17.5. The van der Waals surface area contributed by atoms with Crippen LogP contribution in [0.4, 0.5) is 11.4 Å². The first kappa shape index (κ1) is 15.9. The van der Waals surface area contributed by atoms with Crippen molar-refractivity contribution in [1.29, 1.82) is 0 Å². The standard InChI is InChI=1S/C20H18N4S2/c1-12-14(3-2-7-21-12)19-10-15-16(6-8-22-20(15)26-19)24-13-4-5-18-17(9-13)23-11-25-18/h3-6,8-12,21H,2,7H2,1H3,(H,22,24)/t12-/m1/s1. The number of fused-ring (bicyclic) bond motifs is 2. The van der Waals surface area contributed by atoms with Crippen LogP contribution in [0.2, 0.25) is 0 Å². The van der Waals surface area contributed by atoms with E-state index in [0.29, 0.717) is 6.04 Å². The van der Waals surface area contributed by atoms with E-state index in [1.807, 2.05) is 17.8 Å². The zero-order valence-electron chi connectivity index (χ0n) is 14.3. The van der Waals surface area contributed by atoms with Crippen LogP contribution in [0, 0.1) is 0 Å². The van der Waals surface area contributed by atoms with Crippen LogP contribution < -0.4 is 10.6 Å². The highest BCUT2D eigenvalue weighted by atomic mass is 32.1. The van der Waals surface area contributed by atoms with E-state index in [9.17, 15) is 0 Å². The van der Waals surface area contributed by atoms with Gasteiger partial charge in [-0.3, -0.25) is 0 Å². The Balaban J connectivity index is 1.54. The van der Waals surface area contributed by atoms with Crippen molar-refractivity contribution in [3.8, 4) is 0 Å². The van der Waals surface area contributed by atoms with Gasteiger partial charge in [-0.05, 0) is 55.8 Å². The molecule has 26 heavy (non-hydrogen) atoms. The van der Waals surface area contributed by atoms with Crippen molar-refractivity contribution < 1.29 is 0 Å². The Morgan fingerprint density at radius 3 is 3.08 bits per heavy atom. The third kappa shape index (κ3) is 2.80. The highest BCUT2D eigenvalue weighted by Crippen LogP contribution is 2.36. The average Bonchev–Trinajstić information content (AvgIpc) is 3.28. The molecule has 0 saturated carbocycles. The Labute approximate surface area is 159 Å². The van der Waals surface area contributed by atoms with Crippen molar-refractivity contribution >= 4 is 60.1 Å². The lowest BCUT2D eigenvalue weighted by Gasteiger charge is -2.21. The minimum absolute atomic E-state index is 0.389. The van der Waals surface area contributed by atoms with Crippen LogP contribution in [0.3, 0.4) is 0 Å². The van der Waals surface area contributed by atoms with Crippen molar-refractivity contribution in [1.82, 2.24) is 15.3 Å². The molecule has 1 aliphatic rings. The molecule has 2 N–H and O–H groups in total. The van der Waals surface area contributed by atoms with E-state index in [1.165, 1.54) is 20.5 Å². The molecule has 0 radical (unpaired) electrons. The van der Waals surface area contributed by atoms with E-state index in [0.717, 1.165) is 34.7 Å². The fourth-order valence-corrected chi connectivity index (χ4v) is 5.22. The molecule has 4 aromatic rings. The lowest BCUT2D eigenvalue weighted by molar-refractivity contribution is 0.628. The van der Waals surface area contributed by atoms with Crippen LogP contribution in [0.15, 0.2) is 48.1 Å². The van der Waals surface area contributed by atoms with Gasteiger partial charge in [0.15, 0.2) is 0 Å². The highest BCUT2D eigenvalue weighted by molar-refractivity contribution is 7.19. The summed E-state index contributed by atoms with van der Waals surface area (Å²) in [6.07, 6.45) is 5.32. The minimum Gasteiger partial charge on any atom is -0.355 e. The molecule has 1 atom stereocenters. The van der Waals surface area contributed by atoms with Gasteiger partial charge in [-0.2, -0.15) is 0 Å². The van der Waals surface area contributed by atoms with Crippen LogP contribution in [0.5, 0.6) is 0 Å². The molecule has 130 valence electrons. The van der Waals surface area contributed by atoms with Crippen molar-refractivity contribution in [2.75, 3.05) is 11.9 Å². The number of nitrogens with zero attached hydrogens (tertiary/aromatic N) is 2. The Morgan fingerprint density at radius 1 is 1.19 bits per heavy atom. The second kappa shape index (κ2) is 6.46. The Kier molecular flexibility index (Phi) is 3.96. The summed E-state index contributed by atoms with van der Waals surface area (Å²) in [5.74, 6) is 0. The largest absolute Gasteiger partial charge is 0.355 e. The van der Waals surface area contributed by atoms with E-state index < -0.39 is 0 Å². The van der Waals surface area contributed by atoms with E-state index in [4.69, 9.17) is 0 Å². The monoisotopic (exact) mass is 378 g/mol. The maximum atomic E-state index is 4.59. The summed E-state index contributed by atoms with van der Waals surface area (Å²) in [4.78, 5) is 11.4. The smallest absolute Gasteiger partial charge is 0.125 e. The molecule has 0 saturated heterocycles. The summed E-state index contributed by atoms with van der Waals surface area (Å²) in [5.41, 5.74) is 6.44. The summed E-state index contributed by atoms with van der Waals surface area (Å²) in [5, 5.41) is 8.26. The average molecular weight is 379 g/mol. The molecule has 0 spiro atoms. The number of pyridine rings is 1. The summed E-state index contributed by atoms with van der Waals surface area (Å²) in [6, 6.07) is 11.0. The molecule has 3 aromatic heterocycles. The molecule has 0 fully saturated rings. The van der Waals surface area contributed by atoms with Crippen LogP contribution in [-0.4, -0.2) is 22.6 Å². The SMILES string of the molecule is C[C@H]1NCCC=C1c1cc2c(Nc3ccc4scnc4c3)ccnc2s1. The molecule has 4 nitrogen and oxygen atoms in total. The Hall–Kier alpha value is -2.28. The van der Waals surface area contributed by atoms with Gasteiger partial charge in [-0.25, -0.2) is 9.97 Å². The molecule has 0 unspecified atom stereocenters. The number of anilines is 2. The van der Waals surface area contributed by atoms with Gasteiger partial charge in [0.2, 0.25) is 0 Å². The number of thiophene rings is 1. The molecule has 1 aliphatic heterocycles. The van der Waals surface area contributed by atoms with Crippen LogP contribution in [-0.2, 0) is 0 Å². The van der Waals surface area contributed by atoms with E-state index >= 15 is 0 Å². The predicted octanol–water partition coefficient (Wildman–Crippen LogP) is 5.41. The third-order valence-corrected chi connectivity index (χ3v) is 6.66. The first-order valence-electron chi connectivity index (χ1n) is 8.70. The molecule has 5 rings (SSSR count). The van der Waals surface area contributed by atoms with E-state index in [1.54, 1.807) is 22.7 Å². The molecule has 0 amide bonds. The molecular weight excluding hydrogens is 360 g/mol. The zero-order valence-corrected chi connectivity index (χ0v) is 16.0. The van der Waals surface area contributed by atoms with Gasteiger partial charge in [0.1, 0.15) is 4.83 Å². The summed E-state index contributed by atoms with van der Waals surface area (Å²) >= 11 is 3.43. The van der Waals surface area contributed by atoms with E-state index in [-0.39, 0.29) is 0 Å². The van der Waals surface area contributed by atoms with Crippen molar-refractivity contribution in [3.63, 3.8) is 0 Å². The lowest BCUT2D eigenvalue weighted by Crippen LogP contribution is -2.30. The van der Waals surface area contributed by atoms with Gasteiger partial charge in [0.05, 0.1) is 21.4 Å². The van der Waals surface area contributed by atoms with Crippen molar-refractivity contribution in [2.24, 2.45) is 0 Å². The number of nitrogens with one attached hydrogen (secondary N) is 2. The normalized spacial score (nSPS) is 17.6. The Bertz CT molecular complexity index is 1130. The van der Waals surface area contributed by atoms with E-state index in [2.05, 4.69) is 57.9 Å². The molecule has 0 bridgehead atoms. The maximum Gasteiger partial charge on any atom is 0.125 e. The van der Waals surface area contributed by atoms with Gasteiger partial charge in [0, 0.05) is 28.2 Å². The number of aromatic nitrogens is 2. The summed E-state index contributed by atoms with van der Waals surface area (Å²) < 4.78 is 1.21. The fourth-order valence-electron chi connectivity index (χ4n) is 3.41. The van der Waals surface area contributed by atoms with Crippen LogP contribution in [0.1, 0.15) is 18.2 Å². The molecule has 1 aromatic carbocycles. The Morgan fingerprint density at radius 2 is 2.15 bits per heavy atom. The van der Waals surface area contributed by atoms with Gasteiger partial charge >= 0.3 is 0 Å². The quantitative estimate of drug-likeness (QED) is 0.500. The summed E-state index contributed by atoms with van der Waals surface area (Å²) in [7, 11) is 0. The molecule has 4 heterocycles. The number of hydrogen-bond acceptors (Lipinski definition) is 6. The van der Waals surface area contributed by atoms with Crippen molar-refractivity contribution in [3.05, 3.63) is 53.0 Å². The third-order valence-electron chi connectivity index (χ3n) is 4.76. The van der Waals surface area contributed by atoms with Gasteiger partial charge in [0.25, 0.3) is 0 Å². The minimum atomic E-state index is 0.389. The highest BCUT2D eigenvalue weighted by Gasteiger charge is 2.17. The van der Waals surface area contributed by atoms with Gasteiger partial charge in [-0.15, -0.1) is 22.7 Å².